The summed E-state index contributed by atoms with van der Waals surface area (Å²) >= 11 is 0. The fourth-order valence-electron chi connectivity index (χ4n) is 3.26. The van der Waals surface area contributed by atoms with Crippen molar-refractivity contribution in [2.75, 3.05) is 6.54 Å². The zero-order valence-corrected chi connectivity index (χ0v) is 14.0. The van der Waals surface area contributed by atoms with Crippen LogP contribution in [0, 0.1) is 5.92 Å². The minimum atomic E-state index is -0.587. The van der Waals surface area contributed by atoms with E-state index in [0.717, 1.165) is 10.9 Å². The van der Waals surface area contributed by atoms with E-state index in [4.69, 9.17) is 0 Å². The first-order chi connectivity index (χ1) is 11.6. The number of nitrogens with one attached hydrogen (secondary N) is 3. The lowest BCUT2D eigenvalue weighted by molar-refractivity contribution is -0.122. The molecule has 1 fully saturated rings. The van der Waals surface area contributed by atoms with E-state index < -0.39 is 6.04 Å². The molecule has 1 atom stereocenters. The third-order valence-electron chi connectivity index (χ3n) is 4.72. The van der Waals surface area contributed by atoms with Crippen molar-refractivity contribution in [3.05, 3.63) is 30.0 Å². The van der Waals surface area contributed by atoms with Crippen molar-refractivity contribution in [1.82, 2.24) is 20.8 Å². The van der Waals surface area contributed by atoms with Gasteiger partial charge in [-0.3, -0.25) is 14.7 Å². The zero-order valence-electron chi connectivity index (χ0n) is 14.0. The lowest BCUT2D eigenvalue weighted by Gasteiger charge is -2.22. The van der Waals surface area contributed by atoms with Gasteiger partial charge in [-0.2, -0.15) is 5.10 Å². The van der Waals surface area contributed by atoms with Crippen LogP contribution >= 0.6 is 0 Å². The summed E-state index contributed by atoms with van der Waals surface area (Å²) in [4.78, 5) is 24.6. The number of aromatic amines is 1. The molecule has 128 valence electrons. The largest absolute Gasteiger partial charge is 0.354 e. The number of rotatable bonds is 5. The number of nitrogens with zero attached hydrogens (tertiary/aromatic N) is 1. The lowest BCUT2D eigenvalue weighted by atomic mass is 9.89. The fraction of sp³-hybridized carbons (Fsp3) is 0.500. The molecule has 1 aliphatic carbocycles. The number of para-hydroxylation sites is 1. The van der Waals surface area contributed by atoms with Gasteiger partial charge >= 0.3 is 0 Å². The number of carbonyl (C=O) groups excluding carboxylic acids is 2. The standard InChI is InChI=1S/C18H24N4O2/c1-12(17(23)19-11-13-7-3-2-4-8-13)20-18(24)16-14-9-5-6-10-15(14)21-22-16/h5-6,9-10,12-13H,2-4,7-8,11H2,1H3,(H,19,23)(H,20,24)(H,21,22). The molecule has 2 aromatic rings. The molecule has 0 bridgehead atoms. The van der Waals surface area contributed by atoms with Gasteiger partial charge in [0.15, 0.2) is 5.69 Å². The Kier molecular flexibility index (Phi) is 5.13. The summed E-state index contributed by atoms with van der Waals surface area (Å²) in [6.45, 7) is 2.40. The number of amides is 2. The van der Waals surface area contributed by atoms with Gasteiger partial charge in [-0.25, -0.2) is 0 Å². The molecule has 1 aromatic carbocycles. The predicted molar refractivity (Wildman–Crippen MR) is 92.6 cm³/mol. The third-order valence-corrected chi connectivity index (χ3v) is 4.72. The summed E-state index contributed by atoms with van der Waals surface area (Å²) in [6.07, 6.45) is 6.16. The van der Waals surface area contributed by atoms with E-state index in [0.29, 0.717) is 18.2 Å². The quantitative estimate of drug-likeness (QED) is 0.787. The third kappa shape index (κ3) is 3.75. The molecule has 3 N–H and O–H groups in total. The highest BCUT2D eigenvalue weighted by Crippen LogP contribution is 2.22. The number of aromatic nitrogens is 2. The maximum atomic E-state index is 12.4. The van der Waals surface area contributed by atoms with Crippen molar-refractivity contribution in [3.8, 4) is 0 Å². The van der Waals surface area contributed by atoms with Gasteiger partial charge in [-0.15, -0.1) is 0 Å². The average molecular weight is 328 g/mol. The second-order valence-corrected chi connectivity index (χ2v) is 6.56. The Morgan fingerprint density at radius 1 is 1.25 bits per heavy atom. The van der Waals surface area contributed by atoms with Gasteiger partial charge in [-0.1, -0.05) is 37.5 Å². The molecule has 6 heteroatoms. The van der Waals surface area contributed by atoms with Crippen molar-refractivity contribution in [2.45, 2.75) is 45.1 Å². The Morgan fingerprint density at radius 3 is 2.79 bits per heavy atom. The SMILES string of the molecule is CC(NC(=O)c1n[nH]c2ccccc12)C(=O)NCC1CCCCC1. The second kappa shape index (κ2) is 7.47. The predicted octanol–water partition coefficient (Wildman–Crippen LogP) is 2.38. The summed E-state index contributed by atoms with van der Waals surface area (Å²) in [5, 5.41) is 13.3. The van der Waals surface area contributed by atoms with Gasteiger partial charge < -0.3 is 10.6 Å². The first-order valence-electron chi connectivity index (χ1n) is 8.67. The average Bonchev–Trinajstić information content (AvgIpc) is 3.04. The molecule has 1 aromatic heterocycles. The second-order valence-electron chi connectivity index (χ2n) is 6.56. The molecule has 0 spiro atoms. The van der Waals surface area contributed by atoms with Crippen LogP contribution in [0.1, 0.15) is 49.5 Å². The number of fused-ring (bicyclic) bond motifs is 1. The van der Waals surface area contributed by atoms with Crippen molar-refractivity contribution in [2.24, 2.45) is 5.92 Å². The van der Waals surface area contributed by atoms with Gasteiger partial charge in [0, 0.05) is 11.9 Å². The minimum Gasteiger partial charge on any atom is -0.354 e. The van der Waals surface area contributed by atoms with Crippen LogP contribution in [0.2, 0.25) is 0 Å². The molecule has 1 heterocycles. The highest BCUT2D eigenvalue weighted by molar-refractivity contribution is 6.05. The van der Waals surface area contributed by atoms with E-state index in [2.05, 4.69) is 20.8 Å². The number of benzene rings is 1. The van der Waals surface area contributed by atoms with Crippen LogP contribution in [0.25, 0.3) is 10.9 Å². The molecule has 1 saturated carbocycles. The lowest BCUT2D eigenvalue weighted by Crippen LogP contribution is -2.46. The van der Waals surface area contributed by atoms with Crippen LogP contribution < -0.4 is 10.6 Å². The van der Waals surface area contributed by atoms with Crippen molar-refractivity contribution < 1.29 is 9.59 Å². The topological polar surface area (TPSA) is 86.9 Å². The molecule has 2 amide bonds. The van der Waals surface area contributed by atoms with Gasteiger partial charge in [0.05, 0.1) is 5.52 Å². The van der Waals surface area contributed by atoms with Gasteiger partial charge in [0.1, 0.15) is 6.04 Å². The zero-order chi connectivity index (χ0) is 16.9. The normalized spacial score (nSPS) is 16.7. The first kappa shape index (κ1) is 16.5. The van der Waals surface area contributed by atoms with Crippen LogP contribution in [-0.2, 0) is 4.79 Å². The van der Waals surface area contributed by atoms with E-state index in [1.807, 2.05) is 24.3 Å². The molecule has 0 aliphatic heterocycles. The van der Waals surface area contributed by atoms with Crippen LogP contribution in [0.5, 0.6) is 0 Å². The maximum Gasteiger partial charge on any atom is 0.273 e. The fourth-order valence-corrected chi connectivity index (χ4v) is 3.26. The highest BCUT2D eigenvalue weighted by Gasteiger charge is 2.21. The maximum absolute atomic E-state index is 12.4. The van der Waals surface area contributed by atoms with Crippen LogP contribution in [0.4, 0.5) is 0 Å². The van der Waals surface area contributed by atoms with Gasteiger partial charge in [0.25, 0.3) is 5.91 Å². The number of hydrogen-bond donors (Lipinski definition) is 3. The highest BCUT2D eigenvalue weighted by atomic mass is 16.2. The first-order valence-corrected chi connectivity index (χ1v) is 8.67. The van der Waals surface area contributed by atoms with E-state index in [1.54, 1.807) is 6.92 Å². The van der Waals surface area contributed by atoms with Crippen molar-refractivity contribution >= 4 is 22.7 Å². The number of H-pyrrole nitrogens is 1. The van der Waals surface area contributed by atoms with Gasteiger partial charge in [0.2, 0.25) is 5.91 Å². The Morgan fingerprint density at radius 2 is 2.00 bits per heavy atom. The van der Waals surface area contributed by atoms with E-state index in [-0.39, 0.29) is 11.8 Å². The van der Waals surface area contributed by atoms with Crippen molar-refractivity contribution in [3.63, 3.8) is 0 Å². The van der Waals surface area contributed by atoms with Crippen LogP contribution in [0.3, 0.4) is 0 Å². The molecule has 6 nitrogen and oxygen atoms in total. The Labute approximate surface area is 141 Å². The van der Waals surface area contributed by atoms with E-state index in [9.17, 15) is 9.59 Å². The molecule has 1 aliphatic rings. The van der Waals surface area contributed by atoms with E-state index >= 15 is 0 Å². The summed E-state index contributed by atoms with van der Waals surface area (Å²) in [6, 6.07) is 6.84. The Bertz CT molecular complexity index is 719. The summed E-state index contributed by atoms with van der Waals surface area (Å²) in [5.74, 6) is 0.0856. The molecular formula is C18H24N4O2. The molecule has 0 saturated heterocycles. The molecule has 1 unspecified atom stereocenters. The number of hydrogen-bond acceptors (Lipinski definition) is 3. The smallest absolute Gasteiger partial charge is 0.273 e. The molecule has 24 heavy (non-hydrogen) atoms. The monoisotopic (exact) mass is 328 g/mol. The van der Waals surface area contributed by atoms with E-state index in [1.165, 1.54) is 32.1 Å². The van der Waals surface area contributed by atoms with Crippen LogP contribution in [-0.4, -0.2) is 34.6 Å². The van der Waals surface area contributed by atoms with Crippen LogP contribution in [0.15, 0.2) is 24.3 Å². The minimum absolute atomic E-state index is 0.145. The molecular weight excluding hydrogens is 304 g/mol. The number of carbonyl (C=O) groups is 2. The Hall–Kier alpha value is -2.37. The summed E-state index contributed by atoms with van der Waals surface area (Å²) in [7, 11) is 0. The summed E-state index contributed by atoms with van der Waals surface area (Å²) in [5.41, 5.74) is 1.12. The van der Waals surface area contributed by atoms with Crippen molar-refractivity contribution in [1.29, 1.82) is 0 Å². The molecule has 0 radical (unpaired) electrons. The Balaban J connectivity index is 1.54. The summed E-state index contributed by atoms with van der Waals surface area (Å²) < 4.78 is 0. The van der Waals surface area contributed by atoms with Gasteiger partial charge in [-0.05, 0) is 31.7 Å². The molecule has 3 rings (SSSR count).